The molecule has 1 fully saturated rings. The van der Waals surface area contributed by atoms with Crippen molar-refractivity contribution in [3.05, 3.63) is 82.0 Å². The number of aliphatic hydroxyl groups excluding tert-OH is 1. The number of anilines is 1. The van der Waals surface area contributed by atoms with Crippen molar-refractivity contribution in [3.63, 3.8) is 0 Å². The number of methoxy groups -OCH3 is 1. The Labute approximate surface area is 316 Å². The number of rotatable bonds is 5. The number of nitrogens with zero attached hydrogens (tertiary/aromatic N) is 4. The van der Waals surface area contributed by atoms with E-state index in [-0.39, 0.29) is 46.1 Å². The summed E-state index contributed by atoms with van der Waals surface area (Å²) in [7, 11) is -0.789. The van der Waals surface area contributed by atoms with Crippen molar-refractivity contribution in [1.82, 2.24) is 14.5 Å². The summed E-state index contributed by atoms with van der Waals surface area (Å²) in [6.45, 7) is 6.02. The molecular weight excluding hydrogens is 718 g/mol. The Morgan fingerprint density at radius 1 is 1.21 bits per heavy atom. The van der Waals surface area contributed by atoms with Crippen LogP contribution in [0.15, 0.2) is 59.1 Å². The van der Waals surface area contributed by atoms with Crippen LogP contribution in [0.1, 0.15) is 71.4 Å². The van der Waals surface area contributed by atoms with Gasteiger partial charge in [-0.3, -0.25) is 19.0 Å². The number of amides is 2. The van der Waals surface area contributed by atoms with Crippen LogP contribution >= 0.6 is 11.6 Å². The molecule has 1 spiro atoms. The number of aryl methyl sites for hydroxylation is 2. The summed E-state index contributed by atoms with van der Waals surface area (Å²) in [4.78, 5) is 29.9. The van der Waals surface area contributed by atoms with Crippen LogP contribution < -0.4 is 19.1 Å². The fourth-order valence-corrected chi connectivity index (χ4v) is 10.5. The first-order chi connectivity index (χ1) is 25.4. The number of halogens is 1. The maximum atomic E-state index is 14.6. The lowest BCUT2D eigenvalue weighted by molar-refractivity contribution is -0.00920. The first-order valence-electron chi connectivity index (χ1n) is 18.4. The molecule has 12 nitrogen and oxygen atoms in total. The standard InChI is InChI=1S/C39H48ClN5O7S/c1-5-51-34-15-13-33(46)24(2)21-53(49,43-37(48)30-20-44(3)41-38(30)50-4)42-36(47)26-9-14-35-32(18-26)45(19-27-8-11-29(27)34)22-39(23-52-35)16-6-7-25-17-28(40)10-12-31(25)39/h9-10,12-15,17-18,20,24,27,29,33-34,46H,5-8,11,16,19,21-23H2,1-4H3,(H,42,43,47,48,49)/b15-13-/t24-,27+,29-,33?,34+,39+,53?/m1/s1. The molecule has 14 heteroatoms. The van der Waals surface area contributed by atoms with Gasteiger partial charge in [0, 0.05) is 48.9 Å². The van der Waals surface area contributed by atoms with Gasteiger partial charge in [0.1, 0.15) is 21.2 Å². The Kier molecular flexibility index (Phi) is 10.6. The molecule has 2 bridgehead atoms. The second-order valence-corrected chi connectivity index (χ2v) is 17.4. The van der Waals surface area contributed by atoms with E-state index in [1.54, 1.807) is 38.2 Å². The number of nitrogens with one attached hydrogen (secondary N) is 1. The van der Waals surface area contributed by atoms with E-state index >= 15 is 0 Å². The third-order valence-corrected chi connectivity index (χ3v) is 13.5. The molecule has 284 valence electrons. The fourth-order valence-electron chi connectivity index (χ4n) is 8.43. The molecule has 53 heavy (non-hydrogen) atoms. The molecule has 0 radical (unpaired) electrons. The van der Waals surface area contributed by atoms with Crippen LogP contribution in [0.4, 0.5) is 5.69 Å². The van der Waals surface area contributed by atoms with E-state index in [9.17, 15) is 18.9 Å². The van der Waals surface area contributed by atoms with E-state index in [4.69, 9.17) is 25.8 Å². The summed E-state index contributed by atoms with van der Waals surface area (Å²) >= 11 is 6.46. The fraction of sp³-hybridized carbons (Fsp3) is 0.513. The highest BCUT2D eigenvalue weighted by molar-refractivity contribution is 7.92. The maximum Gasteiger partial charge on any atom is 0.286 e. The van der Waals surface area contributed by atoms with E-state index in [1.165, 1.54) is 29.1 Å². The Morgan fingerprint density at radius 2 is 2.04 bits per heavy atom. The van der Waals surface area contributed by atoms with E-state index < -0.39 is 33.8 Å². The van der Waals surface area contributed by atoms with Crippen molar-refractivity contribution >= 4 is 39.0 Å². The van der Waals surface area contributed by atoms with Gasteiger partial charge >= 0.3 is 0 Å². The zero-order valence-corrected chi connectivity index (χ0v) is 32.2. The smallest absolute Gasteiger partial charge is 0.286 e. The molecule has 1 saturated carbocycles. The highest BCUT2D eigenvalue weighted by Gasteiger charge is 2.44. The second kappa shape index (κ2) is 15.1. The van der Waals surface area contributed by atoms with Gasteiger partial charge < -0.3 is 24.2 Å². The normalized spacial score (nSPS) is 30.5. The largest absolute Gasteiger partial charge is 0.490 e. The predicted molar refractivity (Wildman–Crippen MR) is 203 cm³/mol. The Morgan fingerprint density at radius 3 is 2.79 bits per heavy atom. The van der Waals surface area contributed by atoms with Gasteiger partial charge in [-0.05, 0) is 98.2 Å². The molecule has 2 aliphatic carbocycles. The third kappa shape index (κ3) is 7.58. The summed E-state index contributed by atoms with van der Waals surface area (Å²) in [6, 6.07) is 11.4. The molecule has 2 unspecified atom stereocenters. The van der Waals surface area contributed by atoms with Gasteiger partial charge in [0.25, 0.3) is 11.8 Å². The van der Waals surface area contributed by atoms with Crippen LogP contribution in [0.25, 0.3) is 0 Å². The minimum absolute atomic E-state index is 0.0344. The van der Waals surface area contributed by atoms with Crippen LogP contribution in [0, 0.1) is 17.8 Å². The number of carbonyl (C=O) groups is 2. The van der Waals surface area contributed by atoms with Crippen molar-refractivity contribution in [2.75, 3.05) is 44.1 Å². The van der Waals surface area contributed by atoms with Gasteiger partial charge in [-0.1, -0.05) is 36.7 Å². The minimum Gasteiger partial charge on any atom is -0.490 e. The molecule has 2 aliphatic heterocycles. The number of hydrogen-bond acceptors (Lipinski definition) is 9. The van der Waals surface area contributed by atoms with Gasteiger partial charge in [0.2, 0.25) is 5.88 Å². The Bertz CT molecular complexity index is 2040. The monoisotopic (exact) mass is 765 g/mol. The summed E-state index contributed by atoms with van der Waals surface area (Å²) < 4.78 is 40.9. The lowest BCUT2D eigenvalue weighted by atomic mass is 9.68. The van der Waals surface area contributed by atoms with Gasteiger partial charge in [-0.15, -0.1) is 9.46 Å². The van der Waals surface area contributed by atoms with Crippen molar-refractivity contribution in [2.45, 2.75) is 63.6 Å². The lowest BCUT2D eigenvalue weighted by Gasteiger charge is -2.46. The van der Waals surface area contributed by atoms with Gasteiger partial charge in [-0.2, -0.15) is 0 Å². The molecule has 2 amide bonds. The van der Waals surface area contributed by atoms with E-state index in [1.807, 2.05) is 19.1 Å². The van der Waals surface area contributed by atoms with Crippen molar-refractivity contribution in [1.29, 1.82) is 0 Å². The van der Waals surface area contributed by atoms with Gasteiger partial charge in [0.05, 0.1) is 37.4 Å². The topological polar surface area (TPSA) is 145 Å². The van der Waals surface area contributed by atoms with Crippen LogP contribution in [-0.4, -0.2) is 82.3 Å². The van der Waals surface area contributed by atoms with E-state index in [0.29, 0.717) is 32.1 Å². The Hall–Kier alpha value is -3.91. The molecule has 1 aromatic heterocycles. The van der Waals surface area contributed by atoms with E-state index in [0.717, 1.165) is 42.8 Å². The number of carbonyl (C=O) groups excluding carboxylic acids is 2. The molecule has 2 aromatic carbocycles. The zero-order valence-electron chi connectivity index (χ0n) is 30.6. The molecule has 0 saturated heterocycles. The maximum absolute atomic E-state index is 14.6. The van der Waals surface area contributed by atoms with Crippen LogP contribution in [0.3, 0.4) is 0 Å². The van der Waals surface area contributed by atoms with Crippen LogP contribution in [0.5, 0.6) is 11.6 Å². The second-order valence-electron chi connectivity index (χ2n) is 14.9. The van der Waals surface area contributed by atoms with Crippen LogP contribution in [0.2, 0.25) is 5.02 Å². The average Bonchev–Trinajstić information content (AvgIpc) is 3.43. The molecule has 2 N–H and O–H groups in total. The quantitative estimate of drug-likeness (QED) is 0.322. The van der Waals surface area contributed by atoms with Crippen molar-refractivity contribution in [2.24, 2.45) is 29.2 Å². The Balaban J connectivity index is 1.32. The van der Waals surface area contributed by atoms with Crippen LogP contribution in [-0.2, 0) is 33.5 Å². The predicted octanol–water partition coefficient (Wildman–Crippen LogP) is 5.51. The number of fused-ring (bicyclic) bond motifs is 4. The molecule has 7 atom stereocenters. The van der Waals surface area contributed by atoms with E-state index in [2.05, 4.69) is 31.2 Å². The lowest BCUT2D eigenvalue weighted by Crippen LogP contribution is -2.49. The van der Waals surface area contributed by atoms with Gasteiger partial charge in [-0.25, -0.2) is 4.21 Å². The van der Waals surface area contributed by atoms with Gasteiger partial charge in [0.15, 0.2) is 0 Å². The summed E-state index contributed by atoms with van der Waals surface area (Å²) in [6.07, 6.45) is 8.63. The highest BCUT2D eigenvalue weighted by atomic mass is 35.5. The molecule has 4 aliphatic rings. The molecule has 7 rings (SSSR count). The molecule has 3 aromatic rings. The van der Waals surface area contributed by atoms with Crippen molar-refractivity contribution in [3.8, 4) is 11.6 Å². The first kappa shape index (κ1) is 37.4. The number of aromatic nitrogens is 2. The number of ether oxygens (including phenoxy) is 3. The SMILES string of the molecule is CCO[C@H]1/C=C\C(O)[C@H](C)CS(=O)(NC(=O)c2cn(C)nc2OC)=NC(=O)c2ccc3c(c2)N(C[C@@H]2CC[C@H]21)C[C@@]1(CCCc2cc(Cl)ccc21)CO3. The summed E-state index contributed by atoms with van der Waals surface area (Å²) in [5, 5.41) is 16.2. The number of benzene rings is 2. The summed E-state index contributed by atoms with van der Waals surface area (Å²) in [5.74, 6) is -1.28. The molecule has 3 heterocycles. The minimum atomic E-state index is -3.79. The summed E-state index contributed by atoms with van der Waals surface area (Å²) in [5.41, 5.74) is 3.18. The average molecular weight is 766 g/mol. The highest BCUT2D eigenvalue weighted by Crippen LogP contribution is 2.47. The third-order valence-electron chi connectivity index (χ3n) is 11.3. The zero-order chi connectivity index (χ0) is 37.5. The molecular formula is C39H48ClN5O7S. The van der Waals surface area contributed by atoms with Crippen molar-refractivity contribution < 1.29 is 33.1 Å². The first-order valence-corrected chi connectivity index (χ1v) is 20.4. The number of aliphatic hydroxyl groups is 1. The number of hydrogen-bond donors (Lipinski definition) is 2.